The molecule has 0 bridgehead atoms. The number of rotatable bonds is 7. The van der Waals surface area contributed by atoms with E-state index >= 15 is 0 Å². The van der Waals surface area contributed by atoms with E-state index < -0.39 is 6.09 Å². The molecule has 0 spiro atoms. The van der Waals surface area contributed by atoms with E-state index in [1.807, 2.05) is 18.2 Å². The number of hydrogen-bond acceptors (Lipinski definition) is 5. The lowest BCUT2D eigenvalue weighted by Crippen LogP contribution is -2.17. The van der Waals surface area contributed by atoms with Gasteiger partial charge < -0.3 is 15.8 Å². The third-order valence-electron chi connectivity index (χ3n) is 4.52. The minimum atomic E-state index is -0.553. The van der Waals surface area contributed by atoms with E-state index in [0.29, 0.717) is 11.5 Å². The van der Waals surface area contributed by atoms with Crippen molar-refractivity contribution in [1.29, 1.82) is 0 Å². The van der Waals surface area contributed by atoms with Crippen LogP contribution in [-0.2, 0) is 11.2 Å². The Balaban J connectivity index is 1.79. The Morgan fingerprint density at radius 3 is 2.45 bits per heavy atom. The van der Waals surface area contributed by atoms with E-state index in [4.69, 9.17) is 10.5 Å². The summed E-state index contributed by atoms with van der Waals surface area (Å²) in [6, 6.07) is 22.3. The summed E-state index contributed by atoms with van der Waals surface area (Å²) in [5, 5.41) is 6.06. The van der Waals surface area contributed by atoms with Crippen molar-refractivity contribution in [1.82, 2.24) is 4.98 Å². The number of carbonyl (C=O) groups excluding carboxylic acids is 1. The zero-order valence-corrected chi connectivity index (χ0v) is 16.7. The number of nitrogen functional groups attached to an aromatic ring is 1. The number of hydrogen-bond donors (Lipinski definition) is 3. The van der Waals surface area contributed by atoms with Crippen LogP contribution in [0.3, 0.4) is 0 Å². The Morgan fingerprint density at radius 1 is 1.07 bits per heavy atom. The quantitative estimate of drug-likeness (QED) is 0.532. The highest BCUT2D eigenvalue weighted by Gasteiger charge is 2.14. The van der Waals surface area contributed by atoms with Crippen molar-refractivity contribution in [2.24, 2.45) is 0 Å². The molecule has 4 N–H and O–H groups in total. The van der Waals surface area contributed by atoms with Gasteiger partial charge >= 0.3 is 6.09 Å². The van der Waals surface area contributed by atoms with Crippen molar-refractivity contribution in [3.8, 4) is 0 Å². The molecule has 6 nitrogen and oxygen atoms in total. The molecule has 3 aromatic rings. The number of anilines is 3. The Bertz CT molecular complexity index is 943. The smallest absolute Gasteiger partial charge is 0.411 e. The monoisotopic (exact) mass is 390 g/mol. The maximum absolute atomic E-state index is 11.6. The van der Waals surface area contributed by atoms with E-state index in [2.05, 4.69) is 58.9 Å². The highest BCUT2D eigenvalue weighted by Crippen LogP contribution is 2.25. The molecule has 0 saturated carbocycles. The van der Waals surface area contributed by atoms with Crippen LogP contribution in [0.1, 0.15) is 29.7 Å². The van der Waals surface area contributed by atoms with Crippen LogP contribution in [0.25, 0.3) is 0 Å². The Hall–Kier alpha value is -3.54. The number of amides is 1. The lowest BCUT2D eigenvalue weighted by Gasteiger charge is -2.21. The molecule has 29 heavy (non-hydrogen) atoms. The van der Waals surface area contributed by atoms with Gasteiger partial charge in [-0.25, -0.2) is 9.78 Å². The summed E-state index contributed by atoms with van der Waals surface area (Å²) in [5.41, 5.74) is 10.1. The van der Waals surface area contributed by atoms with Gasteiger partial charge in [-0.1, -0.05) is 60.2 Å². The molecule has 1 atom stereocenters. The number of aromatic nitrogens is 1. The minimum absolute atomic E-state index is 0.0228. The zero-order valence-electron chi connectivity index (χ0n) is 16.7. The third kappa shape index (κ3) is 5.72. The average molecular weight is 390 g/mol. The first-order valence-electron chi connectivity index (χ1n) is 9.62. The molecule has 1 heterocycles. The SMILES string of the molecule is CCOC(=O)Nc1ccc(NC(Cc2ccc(C)cc2)c2ccccc2)nc1N. The van der Waals surface area contributed by atoms with Crippen LogP contribution in [0.15, 0.2) is 66.7 Å². The van der Waals surface area contributed by atoms with Crippen LogP contribution in [0.4, 0.5) is 22.1 Å². The minimum Gasteiger partial charge on any atom is -0.450 e. The fourth-order valence-corrected chi connectivity index (χ4v) is 3.01. The average Bonchev–Trinajstić information content (AvgIpc) is 2.72. The van der Waals surface area contributed by atoms with Gasteiger partial charge in [-0.05, 0) is 43.5 Å². The summed E-state index contributed by atoms with van der Waals surface area (Å²) in [4.78, 5) is 16.0. The van der Waals surface area contributed by atoms with Gasteiger partial charge in [-0.3, -0.25) is 5.32 Å². The first-order chi connectivity index (χ1) is 14.0. The van der Waals surface area contributed by atoms with Crippen molar-refractivity contribution < 1.29 is 9.53 Å². The molecule has 0 aliphatic heterocycles. The summed E-state index contributed by atoms with van der Waals surface area (Å²) in [6.07, 6.45) is 0.248. The van der Waals surface area contributed by atoms with Gasteiger partial charge in [-0.15, -0.1) is 0 Å². The van der Waals surface area contributed by atoms with E-state index in [1.165, 1.54) is 11.1 Å². The molecule has 6 heteroatoms. The van der Waals surface area contributed by atoms with Crippen molar-refractivity contribution in [2.75, 3.05) is 23.0 Å². The summed E-state index contributed by atoms with van der Waals surface area (Å²) in [7, 11) is 0. The van der Waals surface area contributed by atoms with Crippen molar-refractivity contribution in [2.45, 2.75) is 26.3 Å². The number of nitrogens with one attached hydrogen (secondary N) is 2. The van der Waals surface area contributed by atoms with Crippen LogP contribution in [0, 0.1) is 6.92 Å². The highest BCUT2D eigenvalue weighted by molar-refractivity contribution is 5.88. The van der Waals surface area contributed by atoms with E-state index in [0.717, 1.165) is 12.0 Å². The first kappa shape index (κ1) is 20.2. The first-order valence-corrected chi connectivity index (χ1v) is 9.62. The van der Waals surface area contributed by atoms with Crippen LogP contribution >= 0.6 is 0 Å². The fraction of sp³-hybridized carbons (Fsp3) is 0.217. The second-order valence-electron chi connectivity index (χ2n) is 6.77. The molecular formula is C23H26N4O2. The van der Waals surface area contributed by atoms with Gasteiger partial charge in [0.15, 0.2) is 0 Å². The largest absolute Gasteiger partial charge is 0.450 e. The van der Waals surface area contributed by atoms with Crippen molar-refractivity contribution >= 4 is 23.4 Å². The number of aryl methyl sites for hydroxylation is 1. The second-order valence-corrected chi connectivity index (χ2v) is 6.77. The molecule has 0 aliphatic carbocycles. The Morgan fingerprint density at radius 2 is 1.79 bits per heavy atom. The number of nitrogens with zero attached hydrogens (tertiary/aromatic N) is 1. The number of pyridine rings is 1. The van der Waals surface area contributed by atoms with Crippen LogP contribution < -0.4 is 16.4 Å². The predicted molar refractivity (Wildman–Crippen MR) is 117 cm³/mol. The van der Waals surface area contributed by atoms with Crippen LogP contribution in [-0.4, -0.2) is 17.7 Å². The molecule has 150 valence electrons. The molecule has 3 rings (SSSR count). The topological polar surface area (TPSA) is 89.3 Å². The maximum Gasteiger partial charge on any atom is 0.411 e. The van der Waals surface area contributed by atoms with Gasteiger partial charge in [0.2, 0.25) is 0 Å². The fourth-order valence-electron chi connectivity index (χ4n) is 3.01. The number of carbonyl (C=O) groups is 1. The van der Waals surface area contributed by atoms with E-state index in [9.17, 15) is 4.79 Å². The summed E-state index contributed by atoms with van der Waals surface area (Å²) in [5.74, 6) is 0.864. The Kier molecular flexibility index (Phi) is 6.68. The molecule has 1 unspecified atom stereocenters. The number of ether oxygens (including phenoxy) is 1. The molecule has 1 aromatic heterocycles. The van der Waals surface area contributed by atoms with E-state index in [-0.39, 0.29) is 18.5 Å². The molecule has 0 fully saturated rings. The normalized spacial score (nSPS) is 11.5. The van der Waals surface area contributed by atoms with Gasteiger partial charge in [0.05, 0.1) is 18.3 Å². The molecule has 2 aromatic carbocycles. The second kappa shape index (κ2) is 9.59. The summed E-state index contributed by atoms with van der Waals surface area (Å²) >= 11 is 0. The van der Waals surface area contributed by atoms with Crippen LogP contribution in [0.2, 0.25) is 0 Å². The van der Waals surface area contributed by atoms with Gasteiger partial charge in [0.1, 0.15) is 11.6 Å². The third-order valence-corrected chi connectivity index (χ3v) is 4.52. The standard InChI is InChI=1S/C23H26N4O2/c1-3-29-23(28)26-19-13-14-21(27-22(19)24)25-20(18-7-5-4-6-8-18)15-17-11-9-16(2)10-12-17/h4-14,20H,3,15H2,1-2H3,(H,26,28)(H3,24,25,27). The molecule has 0 aliphatic rings. The number of benzene rings is 2. The molecule has 1 amide bonds. The Labute approximate surface area is 171 Å². The molecular weight excluding hydrogens is 364 g/mol. The number of nitrogens with two attached hydrogens (primary N) is 1. The van der Waals surface area contributed by atoms with Gasteiger partial charge in [0.25, 0.3) is 0 Å². The highest BCUT2D eigenvalue weighted by atomic mass is 16.5. The molecule has 0 saturated heterocycles. The van der Waals surface area contributed by atoms with Crippen molar-refractivity contribution in [3.05, 3.63) is 83.4 Å². The van der Waals surface area contributed by atoms with E-state index in [1.54, 1.807) is 19.1 Å². The zero-order chi connectivity index (χ0) is 20.6. The van der Waals surface area contributed by atoms with Crippen molar-refractivity contribution in [3.63, 3.8) is 0 Å². The summed E-state index contributed by atoms with van der Waals surface area (Å²) < 4.78 is 4.88. The van der Waals surface area contributed by atoms with Crippen LogP contribution in [0.5, 0.6) is 0 Å². The predicted octanol–water partition coefficient (Wildman–Crippen LogP) is 4.94. The van der Waals surface area contributed by atoms with Gasteiger partial charge in [0, 0.05) is 0 Å². The summed E-state index contributed by atoms with van der Waals surface area (Å²) in [6.45, 7) is 4.11. The lowest BCUT2D eigenvalue weighted by molar-refractivity contribution is 0.168. The van der Waals surface area contributed by atoms with Gasteiger partial charge in [-0.2, -0.15) is 0 Å². The lowest BCUT2D eigenvalue weighted by atomic mass is 9.98. The maximum atomic E-state index is 11.6. The molecule has 0 radical (unpaired) electrons.